The number of nitrogens with one attached hydrogen (secondary N) is 1. The highest BCUT2D eigenvalue weighted by Crippen LogP contribution is 2.31. The molecular formula is C17H13F4N3O2. The number of fused-ring (bicyclic) bond motifs is 1. The van der Waals surface area contributed by atoms with E-state index in [9.17, 15) is 22.4 Å². The molecule has 2 aromatic carbocycles. The number of methoxy groups -OCH3 is 1. The van der Waals surface area contributed by atoms with Gasteiger partial charge in [-0.25, -0.2) is 9.37 Å². The lowest BCUT2D eigenvalue weighted by Gasteiger charge is -2.12. The lowest BCUT2D eigenvalue weighted by molar-refractivity contribution is -0.147. The Bertz CT molecular complexity index is 966. The minimum Gasteiger partial charge on any atom is -0.494 e. The molecule has 0 saturated carbocycles. The van der Waals surface area contributed by atoms with Crippen molar-refractivity contribution >= 4 is 22.6 Å². The summed E-state index contributed by atoms with van der Waals surface area (Å²) in [5.41, 5.74) is 0.408. The van der Waals surface area contributed by atoms with Crippen LogP contribution in [0.2, 0.25) is 0 Å². The molecule has 0 fully saturated rings. The van der Waals surface area contributed by atoms with Crippen molar-refractivity contribution in [1.29, 1.82) is 0 Å². The molecule has 1 aromatic heterocycles. The van der Waals surface area contributed by atoms with Gasteiger partial charge in [0, 0.05) is 11.8 Å². The van der Waals surface area contributed by atoms with Crippen LogP contribution < -0.4 is 10.1 Å². The van der Waals surface area contributed by atoms with Crippen LogP contribution in [0.5, 0.6) is 5.75 Å². The van der Waals surface area contributed by atoms with Crippen LogP contribution in [-0.2, 0) is 17.5 Å². The summed E-state index contributed by atoms with van der Waals surface area (Å²) in [6.45, 7) is -0.622. The monoisotopic (exact) mass is 367 g/mol. The van der Waals surface area contributed by atoms with E-state index in [4.69, 9.17) is 4.74 Å². The number of ether oxygens (including phenoxy) is 1. The van der Waals surface area contributed by atoms with E-state index in [1.165, 1.54) is 31.4 Å². The Balaban J connectivity index is 1.88. The molecule has 0 aliphatic rings. The molecule has 0 unspecified atom stereocenters. The zero-order valence-electron chi connectivity index (χ0n) is 13.5. The van der Waals surface area contributed by atoms with Gasteiger partial charge in [-0.15, -0.1) is 0 Å². The van der Waals surface area contributed by atoms with Gasteiger partial charge in [0.05, 0.1) is 18.1 Å². The van der Waals surface area contributed by atoms with Crippen molar-refractivity contribution in [1.82, 2.24) is 9.55 Å². The average Bonchev–Trinajstić information content (AvgIpc) is 2.94. The van der Waals surface area contributed by atoms with Gasteiger partial charge in [0.1, 0.15) is 6.54 Å². The number of imidazole rings is 1. The van der Waals surface area contributed by atoms with E-state index in [0.717, 1.165) is 10.6 Å². The van der Waals surface area contributed by atoms with Crippen LogP contribution in [-0.4, -0.2) is 22.6 Å². The molecule has 3 aromatic rings. The number of benzene rings is 2. The number of amides is 1. The molecular weight excluding hydrogens is 354 g/mol. The molecule has 9 heteroatoms. The van der Waals surface area contributed by atoms with Gasteiger partial charge in [0.2, 0.25) is 11.7 Å². The molecule has 26 heavy (non-hydrogen) atoms. The minimum atomic E-state index is -4.72. The van der Waals surface area contributed by atoms with Crippen LogP contribution in [0, 0.1) is 5.82 Å². The van der Waals surface area contributed by atoms with E-state index in [2.05, 4.69) is 10.3 Å². The number of rotatable bonds is 4. The molecule has 1 heterocycles. The van der Waals surface area contributed by atoms with Gasteiger partial charge in [0.25, 0.3) is 0 Å². The molecule has 0 spiro atoms. The fourth-order valence-corrected chi connectivity index (χ4v) is 2.54. The van der Waals surface area contributed by atoms with Gasteiger partial charge < -0.3 is 14.6 Å². The number of nitrogens with zero attached hydrogens (tertiary/aromatic N) is 2. The molecule has 0 atom stereocenters. The zero-order valence-corrected chi connectivity index (χ0v) is 13.5. The van der Waals surface area contributed by atoms with E-state index >= 15 is 0 Å². The Morgan fingerprint density at radius 2 is 1.96 bits per heavy atom. The second-order valence-electron chi connectivity index (χ2n) is 5.41. The number of para-hydroxylation sites is 2. The molecule has 1 amide bonds. The third-order valence-electron chi connectivity index (χ3n) is 3.65. The zero-order chi connectivity index (χ0) is 18.9. The second kappa shape index (κ2) is 6.66. The molecule has 136 valence electrons. The summed E-state index contributed by atoms with van der Waals surface area (Å²) in [5, 5.41) is 2.37. The first-order chi connectivity index (χ1) is 12.3. The average molecular weight is 367 g/mol. The summed E-state index contributed by atoms with van der Waals surface area (Å²) in [7, 11) is 1.29. The third-order valence-corrected chi connectivity index (χ3v) is 3.65. The van der Waals surface area contributed by atoms with Crippen LogP contribution in [0.4, 0.5) is 23.2 Å². The smallest absolute Gasteiger partial charge is 0.449 e. The van der Waals surface area contributed by atoms with Crippen molar-refractivity contribution in [3.63, 3.8) is 0 Å². The Kier molecular flexibility index (Phi) is 4.54. The third kappa shape index (κ3) is 3.46. The maximum atomic E-state index is 13.7. The van der Waals surface area contributed by atoms with E-state index in [0.29, 0.717) is 0 Å². The standard InChI is InChI=1S/C17H13F4N3O2/c1-26-14-7-6-10(8-11(14)18)22-15(25)9-24-13-5-3-2-4-12(13)23-16(24)17(19,20)21/h2-8H,9H2,1H3,(H,22,25). The van der Waals surface area contributed by atoms with Crippen LogP contribution in [0.15, 0.2) is 42.5 Å². The number of aromatic nitrogens is 2. The summed E-state index contributed by atoms with van der Waals surface area (Å²) in [4.78, 5) is 15.7. The lowest BCUT2D eigenvalue weighted by atomic mass is 10.3. The Labute approximate surface area is 145 Å². The normalized spacial score (nSPS) is 11.6. The van der Waals surface area contributed by atoms with E-state index < -0.39 is 30.3 Å². The molecule has 5 nitrogen and oxygen atoms in total. The number of hydrogen-bond donors (Lipinski definition) is 1. The number of alkyl halides is 3. The first-order valence-corrected chi connectivity index (χ1v) is 7.45. The van der Waals surface area contributed by atoms with Crippen LogP contribution >= 0.6 is 0 Å². The lowest BCUT2D eigenvalue weighted by Crippen LogP contribution is -2.23. The molecule has 0 aliphatic carbocycles. The predicted octanol–water partition coefficient (Wildman–Crippen LogP) is 3.84. The van der Waals surface area contributed by atoms with Gasteiger partial charge in [-0.3, -0.25) is 4.79 Å². The molecule has 0 aliphatic heterocycles. The molecule has 0 radical (unpaired) electrons. The van der Waals surface area contributed by atoms with E-state index in [1.807, 2.05) is 0 Å². The van der Waals surface area contributed by atoms with Crippen molar-refractivity contribution in [3.05, 3.63) is 54.1 Å². The maximum Gasteiger partial charge on any atom is 0.449 e. The Morgan fingerprint density at radius 1 is 1.23 bits per heavy atom. The SMILES string of the molecule is COc1ccc(NC(=O)Cn2c(C(F)(F)F)nc3ccccc32)cc1F. The van der Waals surface area contributed by atoms with Crippen molar-refractivity contribution in [2.75, 3.05) is 12.4 Å². The predicted molar refractivity (Wildman–Crippen MR) is 86.3 cm³/mol. The quantitative estimate of drug-likeness (QED) is 0.713. The van der Waals surface area contributed by atoms with Gasteiger partial charge in [-0.1, -0.05) is 12.1 Å². The molecule has 3 rings (SSSR count). The molecule has 0 bridgehead atoms. The summed E-state index contributed by atoms with van der Waals surface area (Å²) >= 11 is 0. The van der Waals surface area contributed by atoms with Crippen LogP contribution in [0.25, 0.3) is 11.0 Å². The first kappa shape index (κ1) is 17.7. The Morgan fingerprint density at radius 3 is 2.62 bits per heavy atom. The van der Waals surface area contributed by atoms with Crippen molar-refractivity contribution < 1.29 is 27.1 Å². The first-order valence-electron chi connectivity index (χ1n) is 7.45. The fourth-order valence-electron chi connectivity index (χ4n) is 2.54. The number of carbonyl (C=O) groups is 1. The Hall–Kier alpha value is -3.10. The van der Waals surface area contributed by atoms with Crippen LogP contribution in [0.1, 0.15) is 5.82 Å². The highest BCUT2D eigenvalue weighted by atomic mass is 19.4. The fraction of sp³-hybridized carbons (Fsp3) is 0.176. The largest absolute Gasteiger partial charge is 0.494 e. The van der Waals surface area contributed by atoms with Gasteiger partial charge in [-0.2, -0.15) is 13.2 Å². The minimum absolute atomic E-state index is 0.0111. The van der Waals surface area contributed by atoms with Crippen molar-refractivity contribution in [3.8, 4) is 5.75 Å². The number of anilines is 1. The highest BCUT2D eigenvalue weighted by Gasteiger charge is 2.38. The van der Waals surface area contributed by atoms with Gasteiger partial charge >= 0.3 is 6.18 Å². The number of hydrogen-bond acceptors (Lipinski definition) is 3. The summed E-state index contributed by atoms with van der Waals surface area (Å²) < 4.78 is 58.9. The van der Waals surface area contributed by atoms with Crippen molar-refractivity contribution in [2.45, 2.75) is 12.7 Å². The van der Waals surface area contributed by atoms with E-state index in [-0.39, 0.29) is 22.5 Å². The summed E-state index contributed by atoms with van der Waals surface area (Å²) in [5.74, 6) is -2.63. The van der Waals surface area contributed by atoms with E-state index in [1.54, 1.807) is 12.1 Å². The van der Waals surface area contributed by atoms with Crippen LogP contribution in [0.3, 0.4) is 0 Å². The highest BCUT2D eigenvalue weighted by molar-refractivity contribution is 5.91. The topological polar surface area (TPSA) is 56.1 Å². The van der Waals surface area contributed by atoms with Crippen molar-refractivity contribution in [2.24, 2.45) is 0 Å². The number of carbonyl (C=O) groups excluding carboxylic acids is 1. The molecule has 1 N–H and O–H groups in total. The van der Waals surface area contributed by atoms with Gasteiger partial charge in [0.15, 0.2) is 11.6 Å². The number of halogens is 4. The summed E-state index contributed by atoms with van der Waals surface area (Å²) in [6.07, 6.45) is -4.72. The molecule has 0 saturated heterocycles. The summed E-state index contributed by atoms with van der Waals surface area (Å²) in [6, 6.07) is 9.69. The maximum absolute atomic E-state index is 13.7. The second-order valence-corrected chi connectivity index (χ2v) is 5.41. The van der Waals surface area contributed by atoms with Gasteiger partial charge in [-0.05, 0) is 24.3 Å².